The summed E-state index contributed by atoms with van der Waals surface area (Å²) < 4.78 is 27.3. The van der Waals surface area contributed by atoms with Crippen molar-refractivity contribution in [1.29, 1.82) is 0 Å². The van der Waals surface area contributed by atoms with Crippen molar-refractivity contribution in [2.24, 2.45) is 11.3 Å². The number of carboxylic acid groups (broad SMARTS) is 1. The summed E-state index contributed by atoms with van der Waals surface area (Å²) in [7, 11) is -3.71. The number of benzene rings is 1. The second kappa shape index (κ2) is 11.7. The zero-order valence-corrected chi connectivity index (χ0v) is 21.2. The van der Waals surface area contributed by atoms with Crippen LogP contribution >= 0.6 is 23.2 Å². The number of amides is 1. The predicted molar refractivity (Wildman–Crippen MR) is 127 cm³/mol. The van der Waals surface area contributed by atoms with E-state index in [1.807, 2.05) is 20.8 Å². The largest absolute Gasteiger partial charge is 0.465 e. The van der Waals surface area contributed by atoms with E-state index in [9.17, 15) is 18.3 Å². The number of carbonyl (C=O) groups is 1. The van der Waals surface area contributed by atoms with Gasteiger partial charge in [-0.1, -0.05) is 57.8 Å². The topological polar surface area (TPSA) is 108 Å². The van der Waals surface area contributed by atoms with Crippen LogP contribution in [0, 0.1) is 11.3 Å². The lowest BCUT2D eigenvalue weighted by molar-refractivity contribution is 0.0973. The highest BCUT2D eigenvalue weighted by Crippen LogP contribution is 2.35. The summed E-state index contributed by atoms with van der Waals surface area (Å²) in [6.45, 7) is 11.6. The van der Waals surface area contributed by atoms with Crippen molar-refractivity contribution in [2.75, 3.05) is 19.6 Å². The molecule has 0 spiro atoms. The molecule has 0 saturated carbocycles. The van der Waals surface area contributed by atoms with E-state index in [-0.39, 0.29) is 21.9 Å². The van der Waals surface area contributed by atoms with Gasteiger partial charge in [0.05, 0.1) is 10.6 Å². The number of rotatable bonds is 12. The Morgan fingerprint density at radius 2 is 1.74 bits per heavy atom. The van der Waals surface area contributed by atoms with Crippen LogP contribution in [0.15, 0.2) is 23.1 Å². The molecular formula is C21H35Cl2N3O4S. The minimum Gasteiger partial charge on any atom is -0.465 e. The average molecular weight is 497 g/mol. The van der Waals surface area contributed by atoms with Crippen LogP contribution in [0.3, 0.4) is 0 Å². The average Bonchev–Trinajstić information content (AvgIpc) is 2.58. The predicted octanol–water partition coefficient (Wildman–Crippen LogP) is 4.74. The Morgan fingerprint density at radius 3 is 2.26 bits per heavy atom. The third-order valence-corrected chi connectivity index (χ3v) is 7.40. The molecule has 10 heteroatoms. The monoisotopic (exact) mass is 495 g/mol. The van der Waals surface area contributed by atoms with Crippen molar-refractivity contribution in [3.8, 4) is 0 Å². The first kappa shape index (κ1) is 28.0. The van der Waals surface area contributed by atoms with Gasteiger partial charge in [0, 0.05) is 18.1 Å². The number of unbranched alkanes of at least 4 members (excludes halogenated alkanes) is 1. The van der Waals surface area contributed by atoms with E-state index in [1.54, 1.807) is 0 Å². The highest BCUT2D eigenvalue weighted by Gasteiger charge is 2.43. The minimum absolute atomic E-state index is 0.0000768. The van der Waals surface area contributed by atoms with Gasteiger partial charge in [-0.25, -0.2) is 17.9 Å². The maximum Gasteiger partial charge on any atom is 0.405 e. The SMILES string of the molecule is CC(C)C[C@](CNCCCCNS(=O)(=O)c1ccc(Cl)cc1Cl)(NC(=O)O)C(C)(C)C. The molecule has 1 atom stereocenters. The van der Waals surface area contributed by atoms with Gasteiger partial charge in [-0.3, -0.25) is 0 Å². The van der Waals surface area contributed by atoms with E-state index in [1.165, 1.54) is 18.2 Å². The van der Waals surface area contributed by atoms with Crippen LogP contribution in [0.5, 0.6) is 0 Å². The van der Waals surface area contributed by atoms with Gasteiger partial charge >= 0.3 is 6.09 Å². The highest BCUT2D eigenvalue weighted by atomic mass is 35.5. The maximum atomic E-state index is 12.4. The molecular weight excluding hydrogens is 461 g/mol. The molecule has 7 nitrogen and oxygen atoms in total. The van der Waals surface area contributed by atoms with E-state index in [2.05, 4.69) is 29.2 Å². The Kier molecular flexibility index (Phi) is 10.6. The molecule has 1 rings (SSSR count). The Labute approximate surface area is 196 Å². The van der Waals surface area contributed by atoms with Crippen molar-refractivity contribution < 1.29 is 18.3 Å². The van der Waals surface area contributed by atoms with Crippen LogP contribution in [0.2, 0.25) is 10.0 Å². The number of halogens is 2. The normalized spacial score (nSPS) is 14.5. The summed E-state index contributed by atoms with van der Waals surface area (Å²) >= 11 is 11.8. The summed E-state index contributed by atoms with van der Waals surface area (Å²) in [5.74, 6) is 0.321. The molecule has 0 bridgehead atoms. The molecule has 0 aliphatic rings. The molecule has 0 fully saturated rings. The minimum atomic E-state index is -3.71. The number of hydrogen-bond donors (Lipinski definition) is 4. The third-order valence-electron chi connectivity index (χ3n) is 5.22. The highest BCUT2D eigenvalue weighted by molar-refractivity contribution is 7.89. The van der Waals surface area contributed by atoms with Crippen molar-refractivity contribution >= 4 is 39.3 Å². The molecule has 31 heavy (non-hydrogen) atoms. The van der Waals surface area contributed by atoms with E-state index in [0.29, 0.717) is 36.9 Å². The lowest BCUT2D eigenvalue weighted by Crippen LogP contribution is -2.62. The number of sulfonamides is 1. The summed E-state index contributed by atoms with van der Waals surface area (Å²) in [5, 5.41) is 15.9. The Hall–Kier alpha value is -1.06. The van der Waals surface area contributed by atoms with Gasteiger partial charge in [0.15, 0.2) is 0 Å². The molecule has 0 heterocycles. The third kappa shape index (κ3) is 8.77. The molecule has 178 valence electrons. The smallest absolute Gasteiger partial charge is 0.405 e. The first-order chi connectivity index (χ1) is 14.2. The standard InChI is InChI=1S/C21H35Cl2N3O4S/c1-15(2)13-21(20(3,4)5,26-19(27)28)14-24-10-6-7-11-25-31(29,30)18-9-8-16(22)12-17(18)23/h8-9,12,15,24-26H,6-7,10-11,13-14H2,1-5H3,(H,27,28)/t21-/m1/s1. The lowest BCUT2D eigenvalue weighted by Gasteiger charge is -2.46. The van der Waals surface area contributed by atoms with E-state index < -0.39 is 21.7 Å². The van der Waals surface area contributed by atoms with Gasteiger partial charge in [0.25, 0.3) is 0 Å². The van der Waals surface area contributed by atoms with Crippen molar-refractivity contribution in [1.82, 2.24) is 15.4 Å². The Morgan fingerprint density at radius 1 is 1.13 bits per heavy atom. The zero-order chi connectivity index (χ0) is 23.9. The fourth-order valence-corrected chi connectivity index (χ4v) is 5.33. The fraction of sp³-hybridized carbons (Fsp3) is 0.667. The van der Waals surface area contributed by atoms with Crippen LogP contribution < -0.4 is 15.4 Å². The molecule has 1 aromatic rings. The van der Waals surface area contributed by atoms with Crippen LogP contribution in [0.4, 0.5) is 4.79 Å². The maximum absolute atomic E-state index is 12.4. The van der Waals surface area contributed by atoms with Crippen molar-refractivity contribution in [3.63, 3.8) is 0 Å². The summed E-state index contributed by atoms with van der Waals surface area (Å²) in [5.41, 5.74) is -0.893. The summed E-state index contributed by atoms with van der Waals surface area (Å²) in [4.78, 5) is 11.4. The molecule has 1 amide bonds. The van der Waals surface area contributed by atoms with Crippen molar-refractivity contribution in [3.05, 3.63) is 28.2 Å². The fourth-order valence-electron chi connectivity index (χ4n) is 3.48. The van der Waals surface area contributed by atoms with Crippen LogP contribution in [0.25, 0.3) is 0 Å². The number of nitrogens with one attached hydrogen (secondary N) is 3. The van der Waals surface area contributed by atoms with E-state index >= 15 is 0 Å². The molecule has 0 aromatic heterocycles. The lowest BCUT2D eigenvalue weighted by atomic mass is 9.69. The Balaban J connectivity index is 2.56. The molecule has 0 aliphatic heterocycles. The first-order valence-electron chi connectivity index (χ1n) is 10.4. The van der Waals surface area contributed by atoms with Gasteiger partial charge in [-0.15, -0.1) is 0 Å². The van der Waals surface area contributed by atoms with E-state index in [4.69, 9.17) is 23.2 Å². The second-order valence-electron chi connectivity index (χ2n) is 9.22. The van der Waals surface area contributed by atoms with Gasteiger partial charge in [-0.2, -0.15) is 0 Å². The van der Waals surface area contributed by atoms with E-state index in [0.717, 1.165) is 6.42 Å². The quantitative estimate of drug-likeness (QED) is 0.313. The van der Waals surface area contributed by atoms with Crippen molar-refractivity contribution in [2.45, 2.75) is 64.3 Å². The molecule has 0 radical (unpaired) electrons. The van der Waals surface area contributed by atoms with Crippen LogP contribution in [0.1, 0.15) is 53.9 Å². The molecule has 0 aliphatic carbocycles. The first-order valence-corrected chi connectivity index (χ1v) is 12.6. The summed E-state index contributed by atoms with van der Waals surface area (Å²) in [6.07, 6.45) is 1.02. The van der Waals surface area contributed by atoms with Crippen LogP contribution in [-0.4, -0.2) is 44.8 Å². The zero-order valence-electron chi connectivity index (χ0n) is 18.9. The molecule has 1 aromatic carbocycles. The molecule has 4 N–H and O–H groups in total. The number of hydrogen-bond acceptors (Lipinski definition) is 4. The van der Waals surface area contributed by atoms with Gasteiger partial charge in [0.2, 0.25) is 10.0 Å². The molecule has 0 unspecified atom stereocenters. The van der Waals surface area contributed by atoms with Gasteiger partial charge < -0.3 is 15.7 Å². The molecule has 0 saturated heterocycles. The Bertz CT molecular complexity index is 842. The van der Waals surface area contributed by atoms with Crippen LogP contribution in [-0.2, 0) is 10.0 Å². The summed E-state index contributed by atoms with van der Waals surface area (Å²) in [6, 6.07) is 4.26. The second-order valence-corrected chi connectivity index (χ2v) is 11.8. The van der Waals surface area contributed by atoms with Gasteiger partial charge in [0.1, 0.15) is 4.90 Å². The van der Waals surface area contributed by atoms with Gasteiger partial charge in [-0.05, 0) is 55.3 Å².